The summed E-state index contributed by atoms with van der Waals surface area (Å²) in [6.45, 7) is 1.09. The molecule has 5 rings (SSSR count). The minimum absolute atomic E-state index is 0.133. The van der Waals surface area contributed by atoms with Crippen molar-refractivity contribution in [2.24, 2.45) is 5.92 Å². The Bertz CT molecular complexity index is 1270. The van der Waals surface area contributed by atoms with Crippen LogP contribution < -0.4 is 10.1 Å². The van der Waals surface area contributed by atoms with E-state index in [4.69, 9.17) is 9.26 Å². The molecule has 0 radical (unpaired) electrons. The molecule has 0 spiro atoms. The van der Waals surface area contributed by atoms with Crippen molar-refractivity contribution < 1.29 is 14.1 Å². The predicted octanol–water partition coefficient (Wildman–Crippen LogP) is 4.65. The van der Waals surface area contributed by atoms with Crippen LogP contribution in [0.1, 0.15) is 48.4 Å². The lowest BCUT2D eigenvalue weighted by Gasteiger charge is -2.08. The van der Waals surface area contributed by atoms with E-state index in [2.05, 4.69) is 20.4 Å². The molecule has 0 unspecified atom stereocenters. The molecule has 1 amide bonds. The van der Waals surface area contributed by atoms with Crippen molar-refractivity contribution in [3.63, 3.8) is 0 Å². The molecule has 4 aromatic rings. The fourth-order valence-electron chi connectivity index (χ4n) is 4.64. The van der Waals surface area contributed by atoms with Crippen LogP contribution >= 0.6 is 0 Å². The van der Waals surface area contributed by atoms with Gasteiger partial charge in [-0.2, -0.15) is 4.98 Å². The Morgan fingerprint density at radius 3 is 2.94 bits per heavy atom. The maximum atomic E-state index is 12.4. The molecule has 0 aliphatic heterocycles. The Morgan fingerprint density at radius 1 is 1.21 bits per heavy atom. The zero-order valence-corrected chi connectivity index (χ0v) is 19.4. The standard InChI is InChI=1S/C26H29N5O3/c1-33-21-8-4-7-20(15-21)26(32)27-13-14-31-17-28-22-16-19(10-11-23(22)31)25-29-24(34-30-25)12-9-18-5-2-3-6-18/h4,7-8,10-11,15-18H,2-3,5-6,9,12-14H2,1H3,(H,27,32). The normalized spacial score (nSPS) is 14.0. The second-order valence-corrected chi connectivity index (χ2v) is 8.83. The molecule has 2 aromatic heterocycles. The van der Waals surface area contributed by atoms with Crippen LogP contribution in [-0.2, 0) is 13.0 Å². The minimum Gasteiger partial charge on any atom is -0.497 e. The molecule has 1 aliphatic rings. The molecule has 1 aliphatic carbocycles. The fourth-order valence-corrected chi connectivity index (χ4v) is 4.64. The highest BCUT2D eigenvalue weighted by Gasteiger charge is 2.17. The van der Waals surface area contributed by atoms with E-state index in [1.165, 1.54) is 25.7 Å². The van der Waals surface area contributed by atoms with Gasteiger partial charge in [0.15, 0.2) is 0 Å². The predicted molar refractivity (Wildman–Crippen MR) is 129 cm³/mol. The Balaban J connectivity index is 1.19. The van der Waals surface area contributed by atoms with Crippen molar-refractivity contribution in [1.82, 2.24) is 25.0 Å². The number of amides is 1. The number of fused-ring (bicyclic) bond motifs is 1. The number of benzene rings is 2. The summed E-state index contributed by atoms with van der Waals surface area (Å²) in [6, 6.07) is 13.1. The van der Waals surface area contributed by atoms with Gasteiger partial charge in [0.2, 0.25) is 11.7 Å². The average Bonchev–Trinajstić information content (AvgIpc) is 3.64. The van der Waals surface area contributed by atoms with Crippen molar-refractivity contribution in [1.29, 1.82) is 0 Å². The third kappa shape index (κ3) is 4.95. The van der Waals surface area contributed by atoms with Crippen molar-refractivity contribution in [3.05, 3.63) is 60.2 Å². The third-order valence-electron chi connectivity index (χ3n) is 6.56. The Morgan fingerprint density at radius 2 is 2.09 bits per heavy atom. The first-order valence-corrected chi connectivity index (χ1v) is 11.9. The molecule has 0 saturated heterocycles. The number of carbonyl (C=O) groups excluding carboxylic acids is 1. The Hall–Kier alpha value is -3.68. The number of nitrogens with zero attached hydrogens (tertiary/aromatic N) is 4. The summed E-state index contributed by atoms with van der Waals surface area (Å²) in [7, 11) is 1.58. The van der Waals surface area contributed by atoms with Gasteiger partial charge in [0.05, 0.1) is 24.5 Å². The number of methoxy groups -OCH3 is 1. The van der Waals surface area contributed by atoms with Gasteiger partial charge in [-0.05, 0) is 48.7 Å². The highest BCUT2D eigenvalue weighted by molar-refractivity contribution is 5.94. The summed E-state index contributed by atoms with van der Waals surface area (Å²) in [6.07, 6.45) is 9.10. The molecule has 0 bridgehead atoms. The lowest BCUT2D eigenvalue weighted by molar-refractivity contribution is 0.0952. The number of hydrogen-bond acceptors (Lipinski definition) is 6. The molecule has 8 heteroatoms. The summed E-state index contributed by atoms with van der Waals surface area (Å²) >= 11 is 0. The molecule has 1 saturated carbocycles. The van der Waals surface area contributed by atoms with E-state index < -0.39 is 0 Å². The van der Waals surface area contributed by atoms with Crippen LogP contribution in [-0.4, -0.2) is 39.3 Å². The Kier molecular flexibility index (Phi) is 6.56. The van der Waals surface area contributed by atoms with E-state index in [-0.39, 0.29) is 5.91 Å². The fraction of sp³-hybridized carbons (Fsp3) is 0.385. The summed E-state index contributed by atoms with van der Waals surface area (Å²) in [5, 5.41) is 7.13. The lowest BCUT2D eigenvalue weighted by Crippen LogP contribution is -2.27. The average molecular weight is 460 g/mol. The van der Waals surface area contributed by atoms with Crippen molar-refractivity contribution in [3.8, 4) is 17.1 Å². The van der Waals surface area contributed by atoms with E-state index in [1.807, 2.05) is 28.8 Å². The first kappa shape index (κ1) is 22.1. The monoisotopic (exact) mass is 459 g/mol. The second-order valence-electron chi connectivity index (χ2n) is 8.83. The largest absolute Gasteiger partial charge is 0.497 e. The second kappa shape index (κ2) is 10.1. The molecule has 176 valence electrons. The maximum Gasteiger partial charge on any atom is 0.251 e. The van der Waals surface area contributed by atoms with E-state index in [9.17, 15) is 4.79 Å². The van der Waals surface area contributed by atoms with Gasteiger partial charge in [-0.15, -0.1) is 0 Å². The summed E-state index contributed by atoms with van der Waals surface area (Å²) in [4.78, 5) is 21.5. The molecular weight excluding hydrogens is 430 g/mol. The van der Waals surface area contributed by atoms with Gasteiger partial charge >= 0.3 is 0 Å². The highest BCUT2D eigenvalue weighted by atomic mass is 16.5. The summed E-state index contributed by atoms with van der Waals surface area (Å²) in [5.41, 5.74) is 3.31. The molecule has 1 fully saturated rings. The van der Waals surface area contributed by atoms with E-state index >= 15 is 0 Å². The molecule has 2 aromatic carbocycles. The molecular formula is C26H29N5O3. The third-order valence-corrected chi connectivity index (χ3v) is 6.56. The maximum absolute atomic E-state index is 12.4. The van der Waals surface area contributed by atoms with Crippen molar-refractivity contribution in [2.75, 3.05) is 13.7 Å². The Labute approximate surface area is 198 Å². The topological polar surface area (TPSA) is 95.1 Å². The zero-order chi connectivity index (χ0) is 23.3. The van der Waals surface area contributed by atoms with E-state index in [1.54, 1.807) is 31.6 Å². The number of rotatable bonds is 9. The molecule has 0 atom stereocenters. The van der Waals surface area contributed by atoms with Crippen molar-refractivity contribution >= 4 is 16.9 Å². The van der Waals surface area contributed by atoms with Gasteiger partial charge in [0, 0.05) is 30.6 Å². The number of imidazole rings is 1. The van der Waals surface area contributed by atoms with Crippen LogP contribution in [0.25, 0.3) is 22.4 Å². The molecule has 34 heavy (non-hydrogen) atoms. The van der Waals surface area contributed by atoms with E-state index in [0.29, 0.717) is 36.1 Å². The number of nitrogens with one attached hydrogen (secondary N) is 1. The number of carbonyl (C=O) groups is 1. The van der Waals surface area contributed by atoms with Gasteiger partial charge in [-0.25, -0.2) is 4.98 Å². The highest BCUT2D eigenvalue weighted by Crippen LogP contribution is 2.29. The minimum atomic E-state index is -0.133. The number of hydrogen-bond donors (Lipinski definition) is 1. The summed E-state index contributed by atoms with van der Waals surface area (Å²) in [5.74, 6) is 2.64. The van der Waals surface area contributed by atoms with Gasteiger partial charge < -0.3 is 19.1 Å². The van der Waals surface area contributed by atoms with Gasteiger partial charge in [-0.3, -0.25) is 4.79 Å². The number of ether oxygens (including phenoxy) is 1. The van der Waals surface area contributed by atoms with Crippen LogP contribution in [0, 0.1) is 5.92 Å². The number of aromatic nitrogens is 4. The summed E-state index contributed by atoms with van der Waals surface area (Å²) < 4.78 is 12.7. The first-order chi connectivity index (χ1) is 16.7. The molecule has 2 heterocycles. The van der Waals surface area contributed by atoms with Crippen LogP contribution in [0.2, 0.25) is 0 Å². The molecule has 8 nitrogen and oxygen atoms in total. The van der Waals surface area contributed by atoms with Gasteiger partial charge in [-0.1, -0.05) is 36.9 Å². The zero-order valence-electron chi connectivity index (χ0n) is 19.4. The number of aryl methyl sites for hydroxylation is 1. The van der Waals surface area contributed by atoms with Crippen LogP contribution in [0.3, 0.4) is 0 Å². The lowest BCUT2D eigenvalue weighted by atomic mass is 10.0. The van der Waals surface area contributed by atoms with Crippen LogP contribution in [0.15, 0.2) is 53.3 Å². The van der Waals surface area contributed by atoms with Crippen LogP contribution in [0.4, 0.5) is 0 Å². The van der Waals surface area contributed by atoms with Gasteiger partial charge in [0.1, 0.15) is 5.75 Å². The van der Waals surface area contributed by atoms with Crippen molar-refractivity contribution in [2.45, 2.75) is 45.1 Å². The first-order valence-electron chi connectivity index (χ1n) is 11.9. The smallest absolute Gasteiger partial charge is 0.251 e. The quantitative estimate of drug-likeness (QED) is 0.392. The van der Waals surface area contributed by atoms with Crippen LogP contribution in [0.5, 0.6) is 5.75 Å². The van der Waals surface area contributed by atoms with E-state index in [0.717, 1.165) is 35.4 Å². The SMILES string of the molecule is COc1cccc(C(=O)NCCn2cnc3cc(-c4noc(CCC5CCCC5)n4)ccc32)c1. The molecule has 1 N–H and O–H groups in total. The van der Waals surface area contributed by atoms with Gasteiger partial charge in [0.25, 0.3) is 5.91 Å².